The van der Waals surface area contributed by atoms with E-state index in [0.717, 1.165) is 28.7 Å². The summed E-state index contributed by atoms with van der Waals surface area (Å²) in [4.78, 5) is 32.3. The van der Waals surface area contributed by atoms with Gasteiger partial charge in [0.2, 0.25) is 5.91 Å². The van der Waals surface area contributed by atoms with Gasteiger partial charge in [0.05, 0.1) is 5.56 Å². The van der Waals surface area contributed by atoms with E-state index < -0.39 is 11.7 Å². The van der Waals surface area contributed by atoms with Crippen LogP contribution in [-0.2, 0) is 16.4 Å². The van der Waals surface area contributed by atoms with Crippen LogP contribution in [0.4, 0.5) is 18.9 Å². The molecular weight excluding hydrogens is 455 g/mol. The van der Waals surface area contributed by atoms with Gasteiger partial charge in [-0.3, -0.25) is 9.59 Å². The van der Waals surface area contributed by atoms with Crippen LogP contribution < -0.4 is 4.90 Å². The van der Waals surface area contributed by atoms with Crippen LogP contribution in [0.3, 0.4) is 0 Å². The summed E-state index contributed by atoms with van der Waals surface area (Å²) in [6, 6.07) is 12.0. The van der Waals surface area contributed by atoms with E-state index in [1.54, 1.807) is 9.80 Å². The van der Waals surface area contributed by atoms with E-state index >= 15 is 0 Å². The van der Waals surface area contributed by atoms with Gasteiger partial charge < -0.3 is 14.8 Å². The van der Waals surface area contributed by atoms with Crippen LogP contribution in [0.25, 0.3) is 10.9 Å². The molecule has 8 heteroatoms. The molecule has 186 valence electrons. The van der Waals surface area contributed by atoms with Gasteiger partial charge in [0.1, 0.15) is 0 Å². The molecule has 0 radical (unpaired) electrons. The third kappa shape index (κ3) is 5.21. The Morgan fingerprint density at radius 1 is 0.971 bits per heavy atom. The maximum atomic E-state index is 13.7. The lowest BCUT2D eigenvalue weighted by Gasteiger charge is -2.38. The highest BCUT2D eigenvalue weighted by atomic mass is 19.4. The zero-order chi connectivity index (χ0) is 25.5. The molecule has 2 aromatic carbocycles. The number of hydrogen-bond acceptors (Lipinski definition) is 2. The number of aromatic amines is 1. The number of carbonyl (C=O) groups excluding carboxylic acids is 2. The first-order valence-electron chi connectivity index (χ1n) is 11.7. The highest BCUT2D eigenvalue weighted by molar-refractivity contribution is 6.07. The normalized spacial score (nSPS) is 15.5. The summed E-state index contributed by atoms with van der Waals surface area (Å²) in [7, 11) is 0. The van der Waals surface area contributed by atoms with Gasteiger partial charge in [0, 0.05) is 59.3 Å². The molecule has 2 heterocycles. The summed E-state index contributed by atoms with van der Waals surface area (Å²) in [5.41, 5.74) is 2.03. The van der Waals surface area contributed by atoms with Gasteiger partial charge in [-0.2, -0.15) is 13.2 Å². The van der Waals surface area contributed by atoms with E-state index in [1.165, 1.54) is 19.1 Å². The standard InChI is InChI=1S/C27H30F3N3O2/c1-17(34)32-13-11-21(12-14-32)33(25(35)18-5-7-20(8-6-18)27(28,29)30)22-9-10-23-19(15-22)16-24(31-23)26(2,3)4/h5-10,15-16,21,31H,11-14H2,1-4H3. The first kappa shape index (κ1) is 24.8. The number of fused-ring (bicyclic) bond motifs is 1. The molecule has 1 aliphatic rings. The second-order valence-electron chi connectivity index (χ2n) is 10.2. The van der Waals surface area contributed by atoms with E-state index in [9.17, 15) is 22.8 Å². The third-order valence-corrected chi connectivity index (χ3v) is 6.64. The maximum absolute atomic E-state index is 13.7. The fourth-order valence-electron chi connectivity index (χ4n) is 4.55. The Labute approximate surface area is 202 Å². The van der Waals surface area contributed by atoms with Gasteiger partial charge in [-0.15, -0.1) is 0 Å². The van der Waals surface area contributed by atoms with Crippen molar-refractivity contribution in [2.45, 2.75) is 58.2 Å². The lowest BCUT2D eigenvalue weighted by atomic mass is 9.92. The van der Waals surface area contributed by atoms with Crippen molar-refractivity contribution in [1.82, 2.24) is 9.88 Å². The Morgan fingerprint density at radius 3 is 2.14 bits per heavy atom. The van der Waals surface area contributed by atoms with Crippen LogP contribution in [0.1, 0.15) is 62.2 Å². The van der Waals surface area contributed by atoms with Gasteiger partial charge in [-0.25, -0.2) is 0 Å². The zero-order valence-electron chi connectivity index (χ0n) is 20.4. The molecule has 1 saturated heterocycles. The Hall–Kier alpha value is -3.29. The maximum Gasteiger partial charge on any atom is 0.416 e. The third-order valence-electron chi connectivity index (χ3n) is 6.64. The second kappa shape index (κ2) is 9.06. The van der Waals surface area contributed by atoms with Crippen molar-refractivity contribution in [2.24, 2.45) is 0 Å². The number of hydrogen-bond donors (Lipinski definition) is 1. The van der Waals surface area contributed by atoms with Crippen LogP contribution in [-0.4, -0.2) is 40.8 Å². The molecule has 1 N–H and O–H groups in total. The number of carbonyl (C=O) groups is 2. The molecule has 0 unspecified atom stereocenters. The fourth-order valence-corrected chi connectivity index (χ4v) is 4.55. The largest absolute Gasteiger partial charge is 0.416 e. The summed E-state index contributed by atoms with van der Waals surface area (Å²) < 4.78 is 39.1. The summed E-state index contributed by atoms with van der Waals surface area (Å²) in [6.45, 7) is 8.92. The van der Waals surface area contributed by atoms with Crippen molar-refractivity contribution in [3.05, 3.63) is 65.4 Å². The monoisotopic (exact) mass is 485 g/mol. The average molecular weight is 486 g/mol. The van der Waals surface area contributed by atoms with Crippen molar-refractivity contribution in [1.29, 1.82) is 0 Å². The number of H-pyrrole nitrogens is 1. The molecule has 0 saturated carbocycles. The molecular formula is C27H30F3N3O2. The lowest BCUT2D eigenvalue weighted by Crippen LogP contribution is -2.48. The summed E-state index contributed by atoms with van der Waals surface area (Å²) in [5.74, 6) is -0.363. The zero-order valence-corrected chi connectivity index (χ0v) is 20.4. The number of rotatable bonds is 3. The van der Waals surface area contributed by atoms with Crippen LogP contribution >= 0.6 is 0 Å². The Kier molecular flexibility index (Phi) is 6.42. The van der Waals surface area contributed by atoms with Gasteiger partial charge in [-0.05, 0) is 61.4 Å². The minimum Gasteiger partial charge on any atom is -0.358 e. The number of amides is 2. The van der Waals surface area contributed by atoms with Crippen molar-refractivity contribution < 1.29 is 22.8 Å². The molecule has 0 bridgehead atoms. The van der Waals surface area contributed by atoms with Gasteiger partial charge in [-0.1, -0.05) is 20.8 Å². The van der Waals surface area contributed by atoms with Crippen molar-refractivity contribution in [2.75, 3.05) is 18.0 Å². The number of halogens is 3. The number of likely N-dealkylation sites (tertiary alicyclic amines) is 1. The number of nitrogens with zero attached hydrogens (tertiary/aromatic N) is 2. The molecule has 0 atom stereocenters. The Bertz CT molecular complexity index is 1230. The summed E-state index contributed by atoms with van der Waals surface area (Å²) in [5, 5.41) is 0.957. The molecule has 0 spiro atoms. The minimum absolute atomic E-state index is 0.00693. The van der Waals surface area contributed by atoms with Crippen molar-refractivity contribution in [3.63, 3.8) is 0 Å². The average Bonchev–Trinajstić information content (AvgIpc) is 3.23. The Balaban J connectivity index is 1.72. The number of aromatic nitrogens is 1. The van der Waals surface area contributed by atoms with Gasteiger partial charge in [0.15, 0.2) is 0 Å². The minimum atomic E-state index is -4.47. The van der Waals surface area contributed by atoms with Gasteiger partial charge in [0.25, 0.3) is 5.91 Å². The summed E-state index contributed by atoms with van der Waals surface area (Å²) >= 11 is 0. The topological polar surface area (TPSA) is 56.4 Å². The molecule has 3 aromatic rings. The van der Waals surface area contributed by atoms with E-state index in [4.69, 9.17) is 0 Å². The predicted octanol–water partition coefficient (Wildman–Crippen LogP) is 6.14. The number of alkyl halides is 3. The highest BCUT2D eigenvalue weighted by Crippen LogP contribution is 2.33. The predicted molar refractivity (Wildman–Crippen MR) is 131 cm³/mol. The second-order valence-corrected chi connectivity index (χ2v) is 10.2. The SMILES string of the molecule is CC(=O)N1CCC(N(C(=O)c2ccc(C(F)(F)F)cc2)c2ccc3[nH]c(C(C)(C)C)cc3c2)CC1. The number of piperidine rings is 1. The lowest BCUT2D eigenvalue weighted by molar-refractivity contribution is -0.137. The molecule has 5 nitrogen and oxygen atoms in total. The van der Waals surface area contributed by atoms with E-state index in [2.05, 4.69) is 31.8 Å². The molecule has 35 heavy (non-hydrogen) atoms. The van der Waals surface area contributed by atoms with Crippen molar-refractivity contribution >= 4 is 28.4 Å². The van der Waals surface area contributed by atoms with E-state index in [-0.39, 0.29) is 28.8 Å². The van der Waals surface area contributed by atoms with E-state index in [1.807, 2.05) is 18.2 Å². The van der Waals surface area contributed by atoms with Crippen LogP contribution in [0, 0.1) is 0 Å². The first-order chi connectivity index (χ1) is 16.3. The molecule has 2 amide bonds. The quantitative estimate of drug-likeness (QED) is 0.484. The van der Waals surface area contributed by atoms with Crippen molar-refractivity contribution in [3.8, 4) is 0 Å². The molecule has 4 rings (SSSR count). The van der Waals surface area contributed by atoms with Crippen LogP contribution in [0.2, 0.25) is 0 Å². The highest BCUT2D eigenvalue weighted by Gasteiger charge is 2.33. The summed E-state index contributed by atoms with van der Waals surface area (Å²) in [6.07, 6.45) is -3.29. The van der Waals surface area contributed by atoms with Crippen LogP contribution in [0.15, 0.2) is 48.5 Å². The first-order valence-corrected chi connectivity index (χ1v) is 11.7. The molecule has 1 aromatic heterocycles. The van der Waals surface area contributed by atoms with Gasteiger partial charge >= 0.3 is 6.18 Å². The molecule has 0 aliphatic carbocycles. The number of anilines is 1. The Morgan fingerprint density at radius 2 is 1.60 bits per heavy atom. The molecule has 1 aliphatic heterocycles. The number of nitrogens with one attached hydrogen (secondary N) is 1. The number of benzene rings is 2. The van der Waals surface area contributed by atoms with E-state index in [0.29, 0.717) is 31.6 Å². The molecule has 1 fully saturated rings. The smallest absolute Gasteiger partial charge is 0.358 e. The fraction of sp³-hybridized carbons (Fsp3) is 0.407. The van der Waals surface area contributed by atoms with Crippen LogP contribution in [0.5, 0.6) is 0 Å².